The minimum absolute atomic E-state index is 0.0105. The lowest BCUT2D eigenvalue weighted by atomic mass is 9.76. The number of ether oxygens (including phenoxy) is 2. The minimum atomic E-state index is -0.316. The Kier molecular flexibility index (Phi) is 16.5. The first-order valence-electron chi connectivity index (χ1n) is 28.5. The zero-order valence-corrected chi connectivity index (χ0v) is 47.9. The van der Waals surface area contributed by atoms with Crippen LogP contribution in [0.15, 0.2) is 88.7 Å². The molecule has 4 unspecified atom stereocenters. The number of amides is 3. The number of para-hydroxylation sites is 1. The van der Waals surface area contributed by atoms with E-state index in [4.69, 9.17) is 9.47 Å². The maximum Gasteiger partial charge on any atom is 0.256 e. The molecule has 2 aromatic carbocycles. The summed E-state index contributed by atoms with van der Waals surface area (Å²) in [5.41, 5.74) is 8.31. The molecule has 8 heterocycles. The topological polar surface area (TPSA) is 192 Å². The second-order valence-corrected chi connectivity index (χ2v) is 22.9. The molecule has 17 nitrogen and oxygen atoms in total. The van der Waals surface area contributed by atoms with Gasteiger partial charge in [-0.15, -0.1) is 0 Å². The van der Waals surface area contributed by atoms with E-state index in [9.17, 15) is 19.2 Å². The van der Waals surface area contributed by atoms with Crippen molar-refractivity contribution in [3.8, 4) is 11.5 Å². The molecule has 7 aromatic rings. The van der Waals surface area contributed by atoms with Crippen LogP contribution in [-0.2, 0) is 24.4 Å². The van der Waals surface area contributed by atoms with Crippen LogP contribution in [0.1, 0.15) is 130 Å². The van der Waals surface area contributed by atoms with Gasteiger partial charge in [-0.05, 0) is 160 Å². The van der Waals surface area contributed by atoms with Gasteiger partial charge in [0, 0.05) is 107 Å². The maximum absolute atomic E-state index is 15.0. The van der Waals surface area contributed by atoms with Gasteiger partial charge >= 0.3 is 0 Å². The van der Waals surface area contributed by atoms with Gasteiger partial charge in [0.25, 0.3) is 22.9 Å². The third-order valence-electron chi connectivity index (χ3n) is 18.0. The Labute approximate surface area is 468 Å². The van der Waals surface area contributed by atoms with Crippen LogP contribution in [0, 0.1) is 45.4 Å². The van der Waals surface area contributed by atoms with Crippen LogP contribution in [0.2, 0.25) is 0 Å². The number of H-pyrrole nitrogens is 2. The van der Waals surface area contributed by atoms with E-state index >= 15 is 4.79 Å². The monoisotopic (exact) mass is 1090 g/mol. The lowest BCUT2D eigenvalue weighted by Crippen LogP contribution is -2.45. The first-order chi connectivity index (χ1) is 38.5. The molecule has 4 N–H and O–H groups in total. The summed E-state index contributed by atoms with van der Waals surface area (Å²) in [5, 5.41) is 7.86. The third kappa shape index (κ3) is 11.1. The quantitative estimate of drug-likeness (QED) is 0.0730. The number of carbonyl (C=O) groups excluding carboxylic acids is 3. The molecule has 3 aliphatic rings. The van der Waals surface area contributed by atoms with Gasteiger partial charge in [0.15, 0.2) is 0 Å². The Morgan fingerprint density at radius 1 is 0.688 bits per heavy atom. The Morgan fingerprint density at radius 3 is 1.88 bits per heavy atom. The molecule has 0 spiro atoms. The molecule has 4 atom stereocenters. The van der Waals surface area contributed by atoms with Gasteiger partial charge in [-0.2, -0.15) is 0 Å². The van der Waals surface area contributed by atoms with Crippen molar-refractivity contribution in [3.63, 3.8) is 0 Å². The van der Waals surface area contributed by atoms with Crippen molar-refractivity contribution >= 4 is 39.5 Å². The number of benzene rings is 2. The molecule has 0 bridgehead atoms. The second-order valence-electron chi connectivity index (χ2n) is 22.9. The highest BCUT2D eigenvalue weighted by Crippen LogP contribution is 2.45. The van der Waals surface area contributed by atoms with E-state index in [1.807, 2.05) is 44.3 Å². The minimum Gasteiger partial charge on any atom is -0.496 e. The number of pyridine rings is 3. The van der Waals surface area contributed by atoms with E-state index < -0.39 is 0 Å². The number of carbonyl (C=O) groups is 3. The summed E-state index contributed by atoms with van der Waals surface area (Å²) in [7, 11) is 5.17. The van der Waals surface area contributed by atoms with Gasteiger partial charge in [-0.3, -0.25) is 33.9 Å². The molecule has 3 saturated heterocycles. The molecule has 0 saturated carbocycles. The van der Waals surface area contributed by atoms with Gasteiger partial charge in [-0.1, -0.05) is 30.3 Å². The van der Waals surface area contributed by atoms with Gasteiger partial charge in [0.1, 0.15) is 11.5 Å². The summed E-state index contributed by atoms with van der Waals surface area (Å²) in [5.74, 6) is 0.968. The number of piperidine rings is 3. The number of hydrogen-bond acceptors (Lipinski definition) is 10. The summed E-state index contributed by atoms with van der Waals surface area (Å²) in [6.07, 6.45) is 8.11. The predicted molar refractivity (Wildman–Crippen MR) is 312 cm³/mol. The van der Waals surface area contributed by atoms with Gasteiger partial charge in [0.05, 0.1) is 49.6 Å². The summed E-state index contributed by atoms with van der Waals surface area (Å²) in [6.45, 7) is 17.7. The molecule has 5 aromatic heterocycles. The third-order valence-corrected chi connectivity index (χ3v) is 18.0. The van der Waals surface area contributed by atoms with E-state index in [0.29, 0.717) is 58.2 Å². The van der Waals surface area contributed by atoms with Gasteiger partial charge in [-0.25, -0.2) is 0 Å². The average Bonchev–Trinajstić information content (AvgIpc) is 4.05. The van der Waals surface area contributed by atoms with Crippen molar-refractivity contribution in [2.24, 2.45) is 17.8 Å². The molecular formula is C63H78N10O7. The van der Waals surface area contributed by atoms with Crippen LogP contribution in [0.25, 0.3) is 21.8 Å². The average molecular weight is 1090 g/mol. The zero-order chi connectivity index (χ0) is 56.5. The Morgan fingerprint density at radius 2 is 1.27 bits per heavy atom. The number of aromatic nitrogens is 5. The molecule has 0 aliphatic carbocycles. The highest BCUT2D eigenvalue weighted by Gasteiger charge is 2.39. The maximum atomic E-state index is 15.0. The van der Waals surface area contributed by atoms with Crippen LogP contribution in [0.3, 0.4) is 0 Å². The van der Waals surface area contributed by atoms with Crippen LogP contribution < -0.4 is 31.2 Å². The number of aromatic amines is 2. The number of nitrogens with zero attached hydrogens (tertiary/aromatic N) is 6. The molecular weight excluding hydrogens is 1010 g/mol. The molecule has 3 aliphatic heterocycles. The molecule has 422 valence electrons. The molecule has 3 fully saturated rings. The summed E-state index contributed by atoms with van der Waals surface area (Å²) in [6, 6.07) is 22.3. The molecule has 17 heteroatoms. The fourth-order valence-corrected chi connectivity index (χ4v) is 13.7. The highest BCUT2D eigenvalue weighted by atomic mass is 16.5. The first-order valence-corrected chi connectivity index (χ1v) is 28.5. The van der Waals surface area contributed by atoms with Crippen LogP contribution in [0.5, 0.6) is 11.5 Å². The fourth-order valence-electron chi connectivity index (χ4n) is 13.7. The Balaban J connectivity index is 1.02. The molecule has 10 rings (SSSR count). The van der Waals surface area contributed by atoms with E-state index in [2.05, 4.69) is 101 Å². The predicted octanol–water partition coefficient (Wildman–Crippen LogP) is 8.49. The SMILES string of the molecule is COc1cc(C)[nH]c(=O)c1CNC(=O)c1c(C)n(C(C)C2CCN(C(=O)C3CCN(C)CC3)CC2)c2ccc(C3CN(Cc4cccnc4)CCC3C(C)n3c(C)c(C(=O)NCc4c(OC)cc(C)[nH]c4=O)c4ccccc43)cc12. The number of likely N-dealkylation sites (tertiary alicyclic amines) is 3. The van der Waals surface area contributed by atoms with Crippen molar-refractivity contribution in [1.82, 2.24) is 49.4 Å². The summed E-state index contributed by atoms with van der Waals surface area (Å²) >= 11 is 0. The number of hydrogen-bond donors (Lipinski definition) is 4. The van der Waals surface area contributed by atoms with E-state index in [1.54, 1.807) is 32.2 Å². The van der Waals surface area contributed by atoms with Crippen molar-refractivity contribution < 1.29 is 23.9 Å². The normalized spacial score (nSPS) is 18.6. The van der Waals surface area contributed by atoms with E-state index in [0.717, 1.165) is 109 Å². The van der Waals surface area contributed by atoms with Crippen molar-refractivity contribution in [2.75, 3.05) is 60.5 Å². The van der Waals surface area contributed by atoms with E-state index in [1.165, 1.54) is 14.2 Å². The molecule has 3 amide bonds. The lowest BCUT2D eigenvalue weighted by Gasteiger charge is -2.42. The van der Waals surface area contributed by atoms with Crippen LogP contribution in [0.4, 0.5) is 0 Å². The number of methoxy groups -OCH3 is 2. The number of nitrogens with one attached hydrogen (secondary N) is 4. The van der Waals surface area contributed by atoms with Crippen LogP contribution in [-0.4, -0.2) is 117 Å². The molecule has 80 heavy (non-hydrogen) atoms. The lowest BCUT2D eigenvalue weighted by molar-refractivity contribution is -0.138. The van der Waals surface area contributed by atoms with Gasteiger partial charge < -0.3 is 49.0 Å². The highest BCUT2D eigenvalue weighted by molar-refractivity contribution is 6.09. The largest absolute Gasteiger partial charge is 0.496 e. The second kappa shape index (κ2) is 23.7. The number of rotatable bonds is 16. The smallest absolute Gasteiger partial charge is 0.256 e. The van der Waals surface area contributed by atoms with Crippen molar-refractivity contribution in [3.05, 3.63) is 156 Å². The summed E-state index contributed by atoms with van der Waals surface area (Å²) in [4.78, 5) is 86.7. The van der Waals surface area contributed by atoms with Crippen LogP contribution >= 0.6 is 0 Å². The fraction of sp³-hybridized carbons (Fsp3) is 0.460. The number of fused-ring (bicyclic) bond motifs is 2. The van der Waals surface area contributed by atoms with Crippen molar-refractivity contribution in [2.45, 2.75) is 111 Å². The standard InChI is InChI=1S/C63H78N10O7/c1-37-29-55(79-8)50(59(74)67-37)33-65-61(76)57-41(5)73(53-15-11-10-14-48(53)57)40(4)47-22-26-70(35-43-13-12-23-64-32-43)36-52(47)46-16-17-54-49(31-46)58(62(77)66-34-51-56(80-9)30-38(2)68-60(51)75)42(6)72(54)39(3)44-20-27-71(28-21-44)63(78)45-18-24-69(7)25-19-45/h10-17,23,29-32,39-40,44-45,47,52H,18-22,24-28,33-36H2,1-9H3,(H,65,76)(H,66,77)(H,67,74)(H,68,75). The number of aryl methyl sites for hydroxylation is 2. The zero-order valence-electron chi connectivity index (χ0n) is 47.9. The molecule has 0 radical (unpaired) electrons. The van der Waals surface area contributed by atoms with Gasteiger partial charge in [0.2, 0.25) is 5.91 Å². The Bertz CT molecular complexity index is 3550. The summed E-state index contributed by atoms with van der Waals surface area (Å²) < 4.78 is 15.9. The Hall–Kier alpha value is -7.50. The van der Waals surface area contributed by atoms with Crippen molar-refractivity contribution in [1.29, 1.82) is 0 Å². The first kappa shape index (κ1) is 55.8. The van der Waals surface area contributed by atoms with E-state index in [-0.39, 0.29) is 77.7 Å².